The van der Waals surface area contributed by atoms with E-state index in [9.17, 15) is 8.42 Å². The maximum absolute atomic E-state index is 12.2. The van der Waals surface area contributed by atoms with Crippen LogP contribution in [0.1, 0.15) is 6.42 Å². The third-order valence-corrected chi connectivity index (χ3v) is 5.62. The molecule has 0 saturated carbocycles. The van der Waals surface area contributed by atoms with Crippen LogP contribution < -0.4 is 4.72 Å². The van der Waals surface area contributed by atoms with Gasteiger partial charge >= 0.3 is 0 Å². The first-order chi connectivity index (χ1) is 8.51. The Morgan fingerprint density at radius 3 is 2.61 bits per heavy atom. The second-order valence-electron chi connectivity index (χ2n) is 3.68. The summed E-state index contributed by atoms with van der Waals surface area (Å²) in [6, 6.07) is 6.54. The van der Waals surface area contributed by atoms with Crippen LogP contribution >= 0.6 is 31.9 Å². The Morgan fingerprint density at radius 2 is 2.06 bits per heavy atom. The molecule has 4 nitrogen and oxygen atoms in total. The SMILES string of the molecule is COCCC(CBr)NS(=O)(=O)c1ccccc1Br. The highest BCUT2D eigenvalue weighted by atomic mass is 79.9. The Kier molecular flexibility index (Phi) is 6.79. The van der Waals surface area contributed by atoms with E-state index in [1.807, 2.05) is 0 Å². The van der Waals surface area contributed by atoms with Crippen LogP contribution in [-0.4, -0.2) is 33.5 Å². The maximum atomic E-state index is 12.2. The molecule has 1 aromatic rings. The summed E-state index contributed by atoms with van der Waals surface area (Å²) in [6.45, 7) is 0.509. The second-order valence-corrected chi connectivity index (χ2v) is 6.87. The van der Waals surface area contributed by atoms with Gasteiger partial charge in [-0.05, 0) is 34.5 Å². The molecule has 102 valence electrons. The molecule has 0 aliphatic heterocycles. The number of alkyl halides is 1. The predicted octanol–water partition coefficient (Wildman–Crippen LogP) is 2.53. The number of nitrogens with one attached hydrogen (secondary N) is 1. The van der Waals surface area contributed by atoms with E-state index in [-0.39, 0.29) is 10.9 Å². The molecule has 1 rings (SSSR count). The standard InChI is InChI=1S/C11H15Br2NO3S/c1-17-7-6-9(8-12)14-18(15,16)11-5-3-2-4-10(11)13/h2-5,9,14H,6-8H2,1H3. The molecular formula is C11H15Br2NO3S. The molecule has 0 aliphatic rings. The molecule has 0 aromatic heterocycles. The number of rotatable bonds is 7. The molecule has 1 atom stereocenters. The topological polar surface area (TPSA) is 55.4 Å². The van der Waals surface area contributed by atoms with Gasteiger partial charge in [0, 0.05) is 29.6 Å². The zero-order chi connectivity index (χ0) is 13.6. The minimum atomic E-state index is -3.52. The molecule has 0 fully saturated rings. The van der Waals surface area contributed by atoms with Crippen molar-refractivity contribution in [2.45, 2.75) is 17.4 Å². The summed E-state index contributed by atoms with van der Waals surface area (Å²) in [4.78, 5) is 0.244. The van der Waals surface area contributed by atoms with E-state index in [0.29, 0.717) is 22.8 Å². The fourth-order valence-corrected chi connectivity index (χ4v) is 4.35. The van der Waals surface area contributed by atoms with E-state index in [1.165, 1.54) is 0 Å². The highest BCUT2D eigenvalue weighted by Crippen LogP contribution is 2.21. The molecule has 1 N–H and O–H groups in total. The monoisotopic (exact) mass is 399 g/mol. The lowest BCUT2D eigenvalue weighted by Gasteiger charge is -2.16. The Balaban J connectivity index is 2.84. The van der Waals surface area contributed by atoms with Gasteiger partial charge in [0.2, 0.25) is 10.0 Å². The highest BCUT2D eigenvalue weighted by molar-refractivity contribution is 9.10. The van der Waals surface area contributed by atoms with Crippen LogP contribution in [-0.2, 0) is 14.8 Å². The van der Waals surface area contributed by atoms with Crippen LogP contribution in [0.25, 0.3) is 0 Å². The van der Waals surface area contributed by atoms with Crippen LogP contribution in [0.3, 0.4) is 0 Å². The minimum Gasteiger partial charge on any atom is -0.385 e. The van der Waals surface area contributed by atoms with E-state index in [0.717, 1.165) is 0 Å². The van der Waals surface area contributed by atoms with Crippen molar-refractivity contribution in [2.24, 2.45) is 0 Å². The van der Waals surface area contributed by atoms with E-state index >= 15 is 0 Å². The predicted molar refractivity (Wildman–Crippen MR) is 78.5 cm³/mol. The van der Waals surface area contributed by atoms with Gasteiger partial charge in [-0.25, -0.2) is 13.1 Å². The van der Waals surface area contributed by atoms with Gasteiger partial charge in [-0.15, -0.1) is 0 Å². The minimum absolute atomic E-state index is 0.193. The zero-order valence-electron chi connectivity index (χ0n) is 9.90. The largest absolute Gasteiger partial charge is 0.385 e. The number of ether oxygens (including phenoxy) is 1. The Morgan fingerprint density at radius 1 is 1.39 bits per heavy atom. The lowest BCUT2D eigenvalue weighted by atomic mass is 10.3. The number of sulfonamides is 1. The van der Waals surface area contributed by atoms with Gasteiger partial charge in [0.25, 0.3) is 0 Å². The lowest BCUT2D eigenvalue weighted by molar-refractivity contribution is 0.188. The molecule has 18 heavy (non-hydrogen) atoms. The molecule has 0 aliphatic carbocycles. The van der Waals surface area contributed by atoms with Crippen molar-refractivity contribution in [1.82, 2.24) is 4.72 Å². The van der Waals surface area contributed by atoms with E-state index < -0.39 is 10.0 Å². The van der Waals surface area contributed by atoms with Gasteiger partial charge in [-0.3, -0.25) is 0 Å². The quantitative estimate of drug-likeness (QED) is 0.715. The molecule has 0 spiro atoms. The summed E-state index contributed by atoms with van der Waals surface area (Å²) in [5.41, 5.74) is 0. The van der Waals surface area contributed by atoms with E-state index in [1.54, 1.807) is 31.4 Å². The molecular weight excluding hydrogens is 386 g/mol. The summed E-state index contributed by atoms with van der Waals surface area (Å²) in [6.07, 6.45) is 0.617. The van der Waals surface area contributed by atoms with Crippen LogP contribution in [0.4, 0.5) is 0 Å². The summed E-state index contributed by atoms with van der Waals surface area (Å²) < 4.78 is 32.5. The summed E-state index contributed by atoms with van der Waals surface area (Å²) in [5, 5.41) is 0.542. The van der Waals surface area contributed by atoms with Gasteiger partial charge in [0.1, 0.15) is 0 Å². The number of hydrogen-bond donors (Lipinski definition) is 1. The van der Waals surface area contributed by atoms with Crippen LogP contribution in [0.5, 0.6) is 0 Å². The van der Waals surface area contributed by atoms with Crippen molar-refractivity contribution in [3.8, 4) is 0 Å². The highest BCUT2D eigenvalue weighted by Gasteiger charge is 2.21. The normalized spacial score (nSPS) is 13.5. The fraction of sp³-hybridized carbons (Fsp3) is 0.455. The van der Waals surface area contributed by atoms with Crippen molar-refractivity contribution in [3.05, 3.63) is 28.7 Å². The number of benzene rings is 1. The molecule has 1 unspecified atom stereocenters. The van der Waals surface area contributed by atoms with Crippen molar-refractivity contribution in [2.75, 3.05) is 19.0 Å². The summed E-state index contributed by atoms with van der Waals surface area (Å²) >= 11 is 6.54. The molecule has 0 radical (unpaired) electrons. The molecule has 0 amide bonds. The lowest BCUT2D eigenvalue weighted by Crippen LogP contribution is -2.37. The molecule has 7 heteroatoms. The first-order valence-electron chi connectivity index (χ1n) is 5.33. The van der Waals surface area contributed by atoms with Gasteiger partial charge < -0.3 is 4.74 Å². The number of methoxy groups -OCH3 is 1. The first kappa shape index (κ1) is 16.1. The van der Waals surface area contributed by atoms with Gasteiger partial charge in [-0.1, -0.05) is 28.1 Å². The van der Waals surface area contributed by atoms with Crippen molar-refractivity contribution < 1.29 is 13.2 Å². The third-order valence-electron chi connectivity index (χ3n) is 2.30. The number of halogens is 2. The summed E-state index contributed by atoms with van der Waals surface area (Å²) in [7, 11) is -1.92. The Bertz CT molecular complexity index is 479. The van der Waals surface area contributed by atoms with Gasteiger partial charge in [0.05, 0.1) is 4.90 Å². The average Bonchev–Trinajstić information content (AvgIpc) is 2.34. The molecule has 0 saturated heterocycles. The third kappa shape index (κ3) is 4.62. The Hall–Kier alpha value is 0.0500. The second kappa shape index (κ2) is 7.59. The Labute approximate surface area is 124 Å². The first-order valence-corrected chi connectivity index (χ1v) is 8.72. The zero-order valence-corrected chi connectivity index (χ0v) is 13.9. The molecule has 0 bridgehead atoms. The van der Waals surface area contributed by atoms with Crippen LogP contribution in [0.2, 0.25) is 0 Å². The van der Waals surface area contributed by atoms with Crippen molar-refractivity contribution in [1.29, 1.82) is 0 Å². The van der Waals surface area contributed by atoms with Crippen molar-refractivity contribution >= 4 is 41.9 Å². The van der Waals surface area contributed by atoms with Crippen LogP contribution in [0, 0.1) is 0 Å². The molecule has 0 heterocycles. The average molecular weight is 401 g/mol. The van der Waals surface area contributed by atoms with Crippen LogP contribution in [0.15, 0.2) is 33.6 Å². The number of hydrogen-bond acceptors (Lipinski definition) is 3. The fourth-order valence-electron chi connectivity index (χ4n) is 1.37. The van der Waals surface area contributed by atoms with E-state index in [2.05, 4.69) is 36.6 Å². The summed E-state index contributed by atoms with van der Waals surface area (Å²) in [5.74, 6) is 0. The maximum Gasteiger partial charge on any atom is 0.241 e. The van der Waals surface area contributed by atoms with Crippen molar-refractivity contribution in [3.63, 3.8) is 0 Å². The van der Waals surface area contributed by atoms with Gasteiger partial charge in [0.15, 0.2) is 0 Å². The molecule has 1 aromatic carbocycles. The van der Waals surface area contributed by atoms with E-state index in [4.69, 9.17) is 4.74 Å². The smallest absolute Gasteiger partial charge is 0.241 e. The van der Waals surface area contributed by atoms with Gasteiger partial charge in [-0.2, -0.15) is 0 Å².